The predicted octanol–water partition coefficient (Wildman–Crippen LogP) is 2.44. The van der Waals surface area contributed by atoms with Gasteiger partial charge in [0.2, 0.25) is 0 Å². The number of carbonyl (C=O) groups is 2. The van der Waals surface area contributed by atoms with Gasteiger partial charge in [-0.05, 0) is 43.5 Å². The van der Waals surface area contributed by atoms with Crippen molar-refractivity contribution in [1.82, 2.24) is 10.6 Å². The normalized spacial score (nSPS) is 11.6. The Balaban J connectivity index is 1.74. The van der Waals surface area contributed by atoms with Crippen LogP contribution < -0.4 is 10.6 Å². The molecule has 0 spiro atoms. The molecule has 2 amide bonds. The van der Waals surface area contributed by atoms with Crippen LogP contribution in [0.2, 0.25) is 5.02 Å². The summed E-state index contributed by atoms with van der Waals surface area (Å²) in [4.78, 5) is 24.2. The summed E-state index contributed by atoms with van der Waals surface area (Å²) in [6.07, 6.45) is 1.80. The molecule has 0 aliphatic heterocycles. The number of rotatable bonds is 9. The number of aliphatic hydroxyl groups excluding tert-OH is 1. The van der Waals surface area contributed by atoms with Gasteiger partial charge in [-0.15, -0.1) is 0 Å². The molecule has 0 aromatic heterocycles. The summed E-state index contributed by atoms with van der Waals surface area (Å²) in [7, 11) is 0. The topological polar surface area (TPSA) is 119 Å². The number of unbranched alkanes of at least 4 members (excludes halogenated alkanes) is 1. The number of phenols is 2. The maximum Gasteiger partial charge on any atom is 0.255 e. The zero-order valence-corrected chi connectivity index (χ0v) is 15.9. The Hall–Kier alpha value is -2.77. The Morgan fingerprint density at radius 1 is 0.964 bits per heavy atom. The van der Waals surface area contributed by atoms with Crippen LogP contribution in [-0.2, 0) is 0 Å². The number of aliphatic hydroxyl groups is 1. The standard InChI is InChI=1S/C20H23ClN2O5/c21-16-9-2-1-7-14(16)20(28)23-13(12-24)6-3-4-11-22-19(27)15-8-5-10-17(25)18(15)26/h1-2,5,7-10,13,24-26H,3-4,6,11-12H2,(H,22,27)(H,23,28). The van der Waals surface area contributed by atoms with E-state index >= 15 is 0 Å². The molecular weight excluding hydrogens is 384 g/mol. The molecule has 7 nitrogen and oxygen atoms in total. The molecule has 2 aromatic carbocycles. The maximum atomic E-state index is 12.2. The fourth-order valence-electron chi connectivity index (χ4n) is 2.65. The Bertz CT molecular complexity index is 828. The van der Waals surface area contributed by atoms with E-state index in [9.17, 15) is 24.9 Å². The first-order chi connectivity index (χ1) is 13.4. The number of nitrogens with one attached hydrogen (secondary N) is 2. The molecule has 0 bridgehead atoms. The molecule has 0 aliphatic rings. The summed E-state index contributed by atoms with van der Waals surface area (Å²) in [6.45, 7) is 0.143. The van der Waals surface area contributed by atoms with Crippen LogP contribution in [0.25, 0.3) is 0 Å². The van der Waals surface area contributed by atoms with Crippen molar-refractivity contribution in [2.24, 2.45) is 0 Å². The lowest BCUT2D eigenvalue weighted by molar-refractivity contribution is 0.0912. The first kappa shape index (κ1) is 21.5. The van der Waals surface area contributed by atoms with Crippen LogP contribution in [0.5, 0.6) is 11.5 Å². The van der Waals surface area contributed by atoms with Gasteiger partial charge in [-0.2, -0.15) is 0 Å². The highest BCUT2D eigenvalue weighted by atomic mass is 35.5. The third-order valence-electron chi connectivity index (χ3n) is 4.20. The predicted molar refractivity (Wildman–Crippen MR) is 106 cm³/mol. The van der Waals surface area contributed by atoms with Gasteiger partial charge in [0.15, 0.2) is 11.5 Å². The number of amides is 2. The molecule has 2 rings (SSSR count). The van der Waals surface area contributed by atoms with Gasteiger partial charge >= 0.3 is 0 Å². The summed E-state index contributed by atoms with van der Waals surface area (Å²) in [5.41, 5.74) is 0.348. The van der Waals surface area contributed by atoms with Gasteiger partial charge in [-0.1, -0.05) is 29.8 Å². The Kier molecular flexibility index (Phi) is 8.10. The van der Waals surface area contributed by atoms with E-state index in [4.69, 9.17) is 11.6 Å². The van der Waals surface area contributed by atoms with E-state index in [1.807, 2.05) is 0 Å². The Morgan fingerprint density at radius 3 is 2.39 bits per heavy atom. The molecular formula is C20H23ClN2O5. The quantitative estimate of drug-likeness (QED) is 0.324. The fraction of sp³-hybridized carbons (Fsp3) is 0.300. The number of phenolic OH excluding ortho intramolecular Hbond substituents is 2. The van der Waals surface area contributed by atoms with Gasteiger partial charge < -0.3 is 26.0 Å². The molecule has 1 unspecified atom stereocenters. The number of aromatic hydroxyl groups is 2. The summed E-state index contributed by atoms with van der Waals surface area (Å²) < 4.78 is 0. The average molecular weight is 407 g/mol. The summed E-state index contributed by atoms with van der Waals surface area (Å²) in [5, 5.41) is 34.3. The van der Waals surface area contributed by atoms with Crippen LogP contribution >= 0.6 is 11.6 Å². The number of carbonyl (C=O) groups excluding carboxylic acids is 2. The fourth-order valence-corrected chi connectivity index (χ4v) is 2.87. The van der Waals surface area contributed by atoms with E-state index in [0.717, 1.165) is 0 Å². The monoisotopic (exact) mass is 406 g/mol. The van der Waals surface area contributed by atoms with Crippen molar-refractivity contribution in [3.05, 3.63) is 58.6 Å². The first-order valence-corrected chi connectivity index (χ1v) is 9.27. The molecule has 8 heteroatoms. The zero-order valence-electron chi connectivity index (χ0n) is 15.2. The van der Waals surface area contributed by atoms with E-state index in [1.165, 1.54) is 18.2 Å². The minimum atomic E-state index is -0.487. The number of halogens is 1. The van der Waals surface area contributed by atoms with Gasteiger partial charge in [0.25, 0.3) is 11.8 Å². The van der Waals surface area contributed by atoms with Gasteiger partial charge in [-0.3, -0.25) is 9.59 Å². The van der Waals surface area contributed by atoms with Crippen LogP contribution in [0.15, 0.2) is 42.5 Å². The smallest absolute Gasteiger partial charge is 0.255 e. The van der Waals surface area contributed by atoms with Gasteiger partial charge in [0.05, 0.1) is 28.8 Å². The van der Waals surface area contributed by atoms with E-state index < -0.39 is 17.7 Å². The Labute approximate surface area is 168 Å². The van der Waals surface area contributed by atoms with Gasteiger partial charge in [0.1, 0.15) is 0 Å². The van der Waals surface area contributed by atoms with E-state index in [0.29, 0.717) is 36.4 Å². The average Bonchev–Trinajstić information content (AvgIpc) is 2.68. The SMILES string of the molecule is O=C(NC(CO)CCCCNC(=O)c1cccc(O)c1O)c1ccccc1Cl. The molecule has 5 N–H and O–H groups in total. The van der Waals surface area contributed by atoms with E-state index in [2.05, 4.69) is 10.6 Å². The first-order valence-electron chi connectivity index (χ1n) is 8.89. The van der Waals surface area contributed by atoms with Crippen LogP contribution in [0.4, 0.5) is 0 Å². The van der Waals surface area contributed by atoms with Gasteiger partial charge in [-0.25, -0.2) is 0 Å². The molecule has 0 heterocycles. The number of hydrogen-bond donors (Lipinski definition) is 5. The molecule has 0 saturated carbocycles. The molecule has 0 saturated heterocycles. The van der Waals surface area contributed by atoms with E-state index in [-0.39, 0.29) is 23.8 Å². The lowest BCUT2D eigenvalue weighted by Gasteiger charge is -2.17. The number of hydrogen-bond acceptors (Lipinski definition) is 5. The second-order valence-corrected chi connectivity index (χ2v) is 6.66. The van der Waals surface area contributed by atoms with E-state index in [1.54, 1.807) is 24.3 Å². The van der Waals surface area contributed by atoms with Crippen LogP contribution in [0.3, 0.4) is 0 Å². The van der Waals surface area contributed by atoms with Crippen LogP contribution in [0, 0.1) is 0 Å². The van der Waals surface area contributed by atoms with Crippen molar-refractivity contribution in [1.29, 1.82) is 0 Å². The van der Waals surface area contributed by atoms with Gasteiger partial charge in [0, 0.05) is 6.54 Å². The van der Waals surface area contributed by atoms with Crippen molar-refractivity contribution >= 4 is 23.4 Å². The lowest BCUT2D eigenvalue weighted by atomic mass is 10.1. The third-order valence-corrected chi connectivity index (χ3v) is 4.53. The molecule has 0 aliphatic carbocycles. The third kappa shape index (κ3) is 5.87. The minimum Gasteiger partial charge on any atom is -0.504 e. The molecule has 2 aromatic rings. The second kappa shape index (κ2) is 10.5. The zero-order chi connectivity index (χ0) is 20.5. The lowest BCUT2D eigenvalue weighted by Crippen LogP contribution is -2.37. The second-order valence-electron chi connectivity index (χ2n) is 6.26. The molecule has 0 radical (unpaired) electrons. The molecule has 150 valence electrons. The van der Waals surface area contributed by atoms with Crippen molar-refractivity contribution in [3.63, 3.8) is 0 Å². The summed E-state index contributed by atoms with van der Waals surface area (Å²) in [5.74, 6) is -1.65. The van der Waals surface area contributed by atoms with Crippen molar-refractivity contribution < 1.29 is 24.9 Å². The number of para-hydroxylation sites is 1. The minimum absolute atomic E-state index is 0.000220. The molecule has 28 heavy (non-hydrogen) atoms. The number of benzene rings is 2. The van der Waals surface area contributed by atoms with Crippen molar-refractivity contribution in [3.8, 4) is 11.5 Å². The molecule has 0 fully saturated rings. The van der Waals surface area contributed by atoms with Crippen molar-refractivity contribution in [2.75, 3.05) is 13.2 Å². The highest BCUT2D eigenvalue weighted by Crippen LogP contribution is 2.27. The largest absolute Gasteiger partial charge is 0.504 e. The van der Waals surface area contributed by atoms with Crippen LogP contribution in [-0.4, -0.2) is 46.3 Å². The van der Waals surface area contributed by atoms with Crippen LogP contribution in [0.1, 0.15) is 40.0 Å². The Morgan fingerprint density at radius 2 is 1.68 bits per heavy atom. The highest BCUT2D eigenvalue weighted by molar-refractivity contribution is 6.33. The summed E-state index contributed by atoms with van der Waals surface area (Å²) in [6, 6.07) is 10.4. The molecule has 1 atom stereocenters. The highest BCUT2D eigenvalue weighted by Gasteiger charge is 2.16. The maximum absolute atomic E-state index is 12.2. The van der Waals surface area contributed by atoms with Crippen molar-refractivity contribution in [2.45, 2.75) is 25.3 Å². The summed E-state index contributed by atoms with van der Waals surface area (Å²) >= 11 is 6.00.